The summed E-state index contributed by atoms with van der Waals surface area (Å²) in [6, 6.07) is 7.63. The normalized spacial score (nSPS) is 18.6. The van der Waals surface area contributed by atoms with Gasteiger partial charge in [0.25, 0.3) is 0 Å². The first kappa shape index (κ1) is 30.1. The highest BCUT2D eigenvalue weighted by atomic mass is 32.2. The van der Waals surface area contributed by atoms with Crippen molar-refractivity contribution >= 4 is 28.6 Å². The van der Waals surface area contributed by atoms with Crippen molar-refractivity contribution in [1.29, 1.82) is 0 Å². The number of pyridine rings is 1. The molecule has 1 fully saturated rings. The Morgan fingerprint density at radius 3 is 2.70 bits per heavy atom. The van der Waals surface area contributed by atoms with E-state index in [0.29, 0.717) is 49.9 Å². The number of rotatable bonds is 12. The van der Waals surface area contributed by atoms with Crippen LogP contribution in [0.25, 0.3) is 10.9 Å². The number of carboxylic acids is 1. The molecule has 6 nitrogen and oxygen atoms in total. The molecule has 11 heteroatoms. The number of thioether (sulfide) groups is 1. The minimum absolute atomic E-state index is 0.00662. The van der Waals surface area contributed by atoms with Gasteiger partial charge in [0.2, 0.25) is 0 Å². The summed E-state index contributed by atoms with van der Waals surface area (Å²) < 4.78 is 59.7. The third-order valence-corrected chi connectivity index (χ3v) is 8.66. The number of aliphatic hydroxyl groups excluding tert-OH is 1. The molecule has 2 aromatic carbocycles. The molecule has 0 saturated carbocycles. The largest absolute Gasteiger partial charge is 0.497 e. The average Bonchev–Trinajstić information content (AvgIpc) is 2.94. The van der Waals surface area contributed by atoms with Gasteiger partial charge in [-0.2, -0.15) is 0 Å². The molecule has 2 N–H and O–H groups in total. The summed E-state index contributed by atoms with van der Waals surface area (Å²) in [5.74, 6) is -5.83. The fraction of sp³-hybridized carbons (Fsp3) is 0.448. The van der Waals surface area contributed by atoms with Crippen LogP contribution in [0.15, 0.2) is 41.4 Å². The SMILES string of the molecule is COc1ccc2nccc([C@H](O)CC[C@@H]3CCN(CCCSc4c(F)cc(F)c(F)c4F)C[C@@H]3CC(=O)O)c2c1. The maximum atomic E-state index is 13.9. The second-order valence-corrected chi connectivity index (χ2v) is 11.2. The highest BCUT2D eigenvalue weighted by Gasteiger charge is 2.31. The first-order valence-electron chi connectivity index (χ1n) is 13.2. The van der Waals surface area contributed by atoms with E-state index in [1.807, 2.05) is 18.2 Å². The average molecular weight is 581 g/mol. The van der Waals surface area contributed by atoms with E-state index in [9.17, 15) is 32.6 Å². The molecule has 4 rings (SSSR count). The molecule has 0 aliphatic carbocycles. The number of aliphatic hydroxyl groups is 1. The molecule has 1 aromatic heterocycles. The molecule has 2 heterocycles. The topological polar surface area (TPSA) is 82.9 Å². The van der Waals surface area contributed by atoms with Gasteiger partial charge in [0.1, 0.15) is 11.6 Å². The molecule has 216 valence electrons. The predicted octanol–water partition coefficient (Wildman–Crippen LogP) is 6.21. The van der Waals surface area contributed by atoms with Gasteiger partial charge in [-0.3, -0.25) is 9.78 Å². The van der Waals surface area contributed by atoms with E-state index in [-0.39, 0.29) is 18.3 Å². The van der Waals surface area contributed by atoms with E-state index in [0.717, 1.165) is 41.2 Å². The molecular weight excluding hydrogens is 548 g/mol. The fourth-order valence-electron chi connectivity index (χ4n) is 5.43. The van der Waals surface area contributed by atoms with Gasteiger partial charge in [0.15, 0.2) is 17.5 Å². The molecule has 0 spiro atoms. The number of methoxy groups -OCH3 is 1. The van der Waals surface area contributed by atoms with E-state index in [2.05, 4.69) is 9.88 Å². The Hall–Kier alpha value is -2.89. The van der Waals surface area contributed by atoms with Crippen molar-refractivity contribution in [2.75, 3.05) is 32.5 Å². The van der Waals surface area contributed by atoms with E-state index in [1.165, 1.54) is 0 Å². The number of fused-ring (bicyclic) bond motifs is 1. The lowest BCUT2D eigenvalue weighted by Crippen LogP contribution is -2.42. The molecule has 0 bridgehead atoms. The lowest BCUT2D eigenvalue weighted by molar-refractivity contribution is -0.139. The zero-order valence-electron chi connectivity index (χ0n) is 22.1. The smallest absolute Gasteiger partial charge is 0.303 e. The van der Waals surface area contributed by atoms with Crippen LogP contribution in [0.1, 0.15) is 43.8 Å². The summed E-state index contributed by atoms with van der Waals surface area (Å²) in [6.45, 7) is 1.86. The number of nitrogens with zero attached hydrogens (tertiary/aromatic N) is 2. The van der Waals surface area contributed by atoms with Crippen molar-refractivity contribution in [3.63, 3.8) is 0 Å². The van der Waals surface area contributed by atoms with Crippen LogP contribution in [0.4, 0.5) is 17.6 Å². The van der Waals surface area contributed by atoms with Crippen LogP contribution >= 0.6 is 11.8 Å². The number of aliphatic carboxylic acids is 1. The van der Waals surface area contributed by atoms with Gasteiger partial charge < -0.3 is 19.8 Å². The Morgan fingerprint density at radius 2 is 1.95 bits per heavy atom. The van der Waals surface area contributed by atoms with E-state index >= 15 is 0 Å². The summed E-state index contributed by atoms with van der Waals surface area (Å²) in [4.78, 5) is 17.5. The van der Waals surface area contributed by atoms with Gasteiger partial charge in [0.05, 0.1) is 23.6 Å². The number of ether oxygens (including phenoxy) is 1. The Kier molecular flexibility index (Phi) is 10.3. The van der Waals surface area contributed by atoms with Crippen LogP contribution in [-0.4, -0.2) is 58.6 Å². The molecule has 0 unspecified atom stereocenters. The van der Waals surface area contributed by atoms with Crippen molar-refractivity contribution in [3.8, 4) is 5.75 Å². The summed E-state index contributed by atoms with van der Waals surface area (Å²) in [5, 5.41) is 21.4. The number of carbonyl (C=O) groups is 1. The zero-order chi connectivity index (χ0) is 28.8. The Bertz CT molecular complexity index is 1350. The lowest BCUT2D eigenvalue weighted by Gasteiger charge is -2.38. The van der Waals surface area contributed by atoms with Crippen LogP contribution in [0.2, 0.25) is 0 Å². The molecular formula is C29H32F4N2O4S. The molecule has 3 atom stereocenters. The quantitative estimate of drug-likeness (QED) is 0.0867. The van der Waals surface area contributed by atoms with Crippen LogP contribution in [0.3, 0.4) is 0 Å². The zero-order valence-corrected chi connectivity index (χ0v) is 22.9. The van der Waals surface area contributed by atoms with E-state index in [4.69, 9.17) is 4.74 Å². The van der Waals surface area contributed by atoms with Crippen molar-refractivity contribution in [2.24, 2.45) is 11.8 Å². The Morgan fingerprint density at radius 1 is 1.15 bits per heavy atom. The second kappa shape index (κ2) is 13.6. The van der Waals surface area contributed by atoms with Crippen LogP contribution in [0.5, 0.6) is 5.75 Å². The first-order valence-corrected chi connectivity index (χ1v) is 14.2. The third-order valence-electron chi connectivity index (χ3n) is 7.50. The summed E-state index contributed by atoms with van der Waals surface area (Å²) in [6.07, 6.45) is 3.35. The van der Waals surface area contributed by atoms with Gasteiger partial charge in [0, 0.05) is 30.6 Å². The van der Waals surface area contributed by atoms with Gasteiger partial charge in [-0.1, -0.05) is 0 Å². The number of halogens is 4. The third kappa shape index (κ3) is 7.24. The maximum Gasteiger partial charge on any atom is 0.303 e. The Balaban J connectivity index is 1.32. The molecule has 3 aromatic rings. The first-order chi connectivity index (χ1) is 19.2. The minimum Gasteiger partial charge on any atom is -0.497 e. The highest BCUT2D eigenvalue weighted by molar-refractivity contribution is 7.99. The van der Waals surface area contributed by atoms with Crippen molar-refractivity contribution in [1.82, 2.24) is 9.88 Å². The maximum absolute atomic E-state index is 13.9. The predicted molar refractivity (Wildman–Crippen MR) is 144 cm³/mol. The molecule has 1 aliphatic heterocycles. The van der Waals surface area contributed by atoms with Gasteiger partial charge in [-0.05, 0) is 86.2 Å². The highest BCUT2D eigenvalue weighted by Crippen LogP contribution is 2.35. The summed E-state index contributed by atoms with van der Waals surface area (Å²) in [5.41, 5.74) is 1.50. The number of hydrogen-bond donors (Lipinski definition) is 2. The number of piperidine rings is 1. The van der Waals surface area contributed by atoms with Crippen molar-refractivity contribution < 1.29 is 37.3 Å². The molecule has 0 radical (unpaired) electrons. The molecule has 0 amide bonds. The van der Waals surface area contributed by atoms with Gasteiger partial charge >= 0.3 is 5.97 Å². The number of likely N-dealkylation sites (tertiary alicyclic amines) is 1. The van der Waals surface area contributed by atoms with Crippen LogP contribution in [0, 0.1) is 35.1 Å². The lowest BCUT2D eigenvalue weighted by atomic mass is 9.79. The monoisotopic (exact) mass is 580 g/mol. The van der Waals surface area contributed by atoms with Crippen molar-refractivity contribution in [3.05, 3.63) is 65.4 Å². The standard InChI is InChI=1S/C29H32F4N2O4S/c1-39-19-4-5-24-21(14-19)20(7-9-34-24)25(36)6-3-17-8-11-35(16-18(17)13-26(37)38)10-2-12-40-29-23(31)15-22(30)27(32)28(29)33/h4-5,7,9,14-15,17-18,25,36H,2-3,6,8,10-13,16H2,1H3,(H,37,38)/t17-,18+,25-/m1/s1. The summed E-state index contributed by atoms with van der Waals surface area (Å²) in [7, 11) is 1.58. The van der Waals surface area contributed by atoms with Gasteiger partial charge in [-0.25, -0.2) is 17.6 Å². The number of carboxylic acid groups (broad SMARTS) is 1. The Labute approximate surface area is 234 Å². The van der Waals surface area contributed by atoms with E-state index in [1.54, 1.807) is 19.4 Å². The number of aromatic nitrogens is 1. The van der Waals surface area contributed by atoms with Gasteiger partial charge in [-0.15, -0.1) is 11.8 Å². The summed E-state index contributed by atoms with van der Waals surface area (Å²) >= 11 is 0.792. The number of benzene rings is 2. The fourth-order valence-corrected chi connectivity index (χ4v) is 6.32. The molecule has 1 aliphatic rings. The van der Waals surface area contributed by atoms with Crippen LogP contribution in [-0.2, 0) is 4.79 Å². The molecule has 40 heavy (non-hydrogen) atoms. The van der Waals surface area contributed by atoms with E-state index < -0.39 is 40.2 Å². The second-order valence-electron chi connectivity index (χ2n) is 10.1. The van der Waals surface area contributed by atoms with Crippen molar-refractivity contribution in [2.45, 2.75) is 43.1 Å². The number of hydrogen-bond acceptors (Lipinski definition) is 6. The molecule has 1 saturated heterocycles. The minimum atomic E-state index is -1.69. The van der Waals surface area contributed by atoms with Crippen LogP contribution < -0.4 is 4.74 Å².